The number of carbonyl (C=O) groups is 2. The molecule has 1 aliphatic carbocycles. The van der Waals surface area contributed by atoms with Crippen LogP contribution in [0.1, 0.15) is 10.4 Å². The van der Waals surface area contributed by atoms with E-state index in [1.54, 1.807) is 0 Å². The van der Waals surface area contributed by atoms with Crippen molar-refractivity contribution >= 4 is 51.2 Å². The van der Waals surface area contributed by atoms with E-state index in [2.05, 4.69) is 0 Å². The SMILES string of the molecule is [B]S(=O)(=O)N(C)c1cc2c(s1)C=C(C(=O)O)C(=O)C2. The molecular formula is C10H8BNO5S2. The first-order valence-electron chi connectivity index (χ1n) is 5.07. The van der Waals surface area contributed by atoms with Crippen LogP contribution in [0.5, 0.6) is 0 Å². The maximum absolute atomic E-state index is 11.6. The van der Waals surface area contributed by atoms with Gasteiger partial charge in [0.05, 0.1) is 0 Å². The van der Waals surface area contributed by atoms with Gasteiger partial charge in [0, 0.05) is 18.3 Å². The number of anilines is 1. The van der Waals surface area contributed by atoms with E-state index in [0.29, 0.717) is 15.4 Å². The zero-order chi connectivity index (χ0) is 14.4. The largest absolute Gasteiger partial charge is 0.478 e. The van der Waals surface area contributed by atoms with Gasteiger partial charge in [0.15, 0.2) is 15.7 Å². The van der Waals surface area contributed by atoms with Crippen LogP contribution in [-0.4, -0.2) is 39.4 Å². The first kappa shape index (κ1) is 13.8. The summed E-state index contributed by atoms with van der Waals surface area (Å²) in [5, 5.41) is 9.20. The van der Waals surface area contributed by atoms with Crippen molar-refractivity contribution in [2.24, 2.45) is 0 Å². The minimum absolute atomic E-state index is 0.0531. The summed E-state index contributed by atoms with van der Waals surface area (Å²) in [5.41, 5.74) is 0.310. The molecule has 0 atom stereocenters. The molecule has 0 unspecified atom stereocenters. The van der Waals surface area contributed by atoms with Crippen LogP contribution >= 0.6 is 11.3 Å². The Balaban J connectivity index is 2.47. The van der Waals surface area contributed by atoms with E-state index in [4.69, 9.17) is 12.2 Å². The fourth-order valence-corrected chi connectivity index (χ4v) is 3.35. The molecule has 9 heteroatoms. The zero-order valence-electron chi connectivity index (χ0n) is 9.78. The maximum Gasteiger partial charge on any atom is 0.339 e. The molecule has 0 aromatic carbocycles. The molecule has 1 aliphatic rings. The molecule has 0 spiro atoms. The van der Waals surface area contributed by atoms with Gasteiger partial charge in [-0.25, -0.2) is 13.2 Å². The average Bonchev–Trinajstić information content (AvgIpc) is 2.67. The van der Waals surface area contributed by atoms with E-state index >= 15 is 0 Å². The summed E-state index contributed by atoms with van der Waals surface area (Å²) in [4.78, 5) is 23.0. The highest BCUT2D eigenvalue weighted by atomic mass is 32.2. The third-order valence-electron chi connectivity index (χ3n) is 2.68. The van der Waals surface area contributed by atoms with Gasteiger partial charge in [-0.2, -0.15) is 0 Å². The van der Waals surface area contributed by atoms with Gasteiger partial charge in [-0.1, -0.05) is 0 Å². The molecule has 1 aromatic heterocycles. The van der Waals surface area contributed by atoms with E-state index in [9.17, 15) is 18.0 Å². The Morgan fingerprint density at radius 2 is 2.16 bits per heavy atom. The fraction of sp³-hybridized carbons (Fsp3) is 0.200. The van der Waals surface area contributed by atoms with Crippen molar-refractivity contribution < 1.29 is 23.1 Å². The first-order chi connectivity index (χ1) is 8.70. The molecule has 0 aliphatic heterocycles. The normalized spacial score (nSPS) is 14.8. The maximum atomic E-state index is 11.6. The van der Waals surface area contributed by atoms with Crippen molar-refractivity contribution in [3.63, 3.8) is 0 Å². The molecule has 19 heavy (non-hydrogen) atoms. The molecule has 1 aromatic rings. The second-order valence-corrected chi connectivity index (χ2v) is 6.59. The van der Waals surface area contributed by atoms with Gasteiger partial charge >= 0.3 is 5.97 Å². The highest BCUT2D eigenvalue weighted by Crippen LogP contribution is 2.35. The highest BCUT2D eigenvalue weighted by molar-refractivity contribution is 8.13. The van der Waals surface area contributed by atoms with Crippen molar-refractivity contribution in [1.82, 2.24) is 0 Å². The van der Waals surface area contributed by atoms with Gasteiger partial charge in [-0.3, -0.25) is 9.10 Å². The number of carbonyl (C=O) groups excluding carboxylic acids is 1. The smallest absolute Gasteiger partial charge is 0.339 e. The zero-order valence-corrected chi connectivity index (χ0v) is 11.4. The monoisotopic (exact) mass is 297 g/mol. The van der Waals surface area contributed by atoms with Crippen LogP contribution in [-0.2, 0) is 25.9 Å². The summed E-state index contributed by atoms with van der Waals surface area (Å²) in [6, 6.07) is 1.53. The van der Waals surface area contributed by atoms with Crippen molar-refractivity contribution in [3.05, 3.63) is 22.1 Å². The van der Waals surface area contributed by atoms with Crippen molar-refractivity contribution in [3.8, 4) is 0 Å². The number of hydrogen-bond acceptors (Lipinski definition) is 5. The Bertz CT molecular complexity index is 704. The summed E-state index contributed by atoms with van der Waals surface area (Å²) in [5.74, 6) is -1.78. The lowest BCUT2D eigenvalue weighted by Gasteiger charge is -2.13. The third kappa shape index (κ3) is 2.56. The molecular weight excluding hydrogens is 289 g/mol. The van der Waals surface area contributed by atoms with Crippen LogP contribution in [0.4, 0.5) is 5.00 Å². The Hall–Kier alpha value is -1.61. The van der Waals surface area contributed by atoms with Crippen LogP contribution in [0.3, 0.4) is 0 Å². The predicted molar refractivity (Wildman–Crippen MR) is 71.7 cm³/mol. The van der Waals surface area contributed by atoms with Gasteiger partial charge in [0.25, 0.3) is 7.12 Å². The van der Waals surface area contributed by atoms with E-state index in [1.807, 2.05) is 0 Å². The van der Waals surface area contributed by atoms with Crippen molar-refractivity contribution in [2.75, 3.05) is 11.4 Å². The number of carboxylic acids is 1. The van der Waals surface area contributed by atoms with Crippen LogP contribution in [0.15, 0.2) is 11.6 Å². The molecule has 2 radical (unpaired) electrons. The summed E-state index contributed by atoms with van der Waals surface area (Å²) in [7, 11) is 2.41. The summed E-state index contributed by atoms with van der Waals surface area (Å²) in [6.45, 7) is 0. The Morgan fingerprint density at radius 1 is 1.53 bits per heavy atom. The minimum atomic E-state index is -3.88. The summed E-state index contributed by atoms with van der Waals surface area (Å²) >= 11 is 1.07. The number of fused-ring (bicyclic) bond motifs is 1. The summed E-state index contributed by atoms with van der Waals surface area (Å²) in [6.07, 6.45) is 1.21. The standard InChI is InChI=1S/C10H8BNO5S2/c1-12(19(11,16)17)9-3-5-2-7(13)6(10(14)15)4-8(5)18-9/h3-4H,2H2,1H3,(H,14,15). The summed E-state index contributed by atoms with van der Waals surface area (Å²) < 4.78 is 23.3. The molecule has 0 saturated heterocycles. The Morgan fingerprint density at radius 3 is 2.68 bits per heavy atom. The van der Waals surface area contributed by atoms with Crippen LogP contribution in [0.25, 0.3) is 6.08 Å². The van der Waals surface area contributed by atoms with E-state index in [0.717, 1.165) is 15.6 Å². The number of hydrogen-bond donors (Lipinski definition) is 1. The predicted octanol–water partition coefficient (Wildman–Crippen LogP) is 0.191. The van der Waals surface area contributed by atoms with E-state index in [1.165, 1.54) is 19.2 Å². The third-order valence-corrected chi connectivity index (χ3v) is 4.95. The number of carboxylic acid groups (broad SMARTS) is 1. The molecule has 0 amide bonds. The van der Waals surface area contributed by atoms with Gasteiger partial charge in [-0.15, -0.1) is 11.3 Å². The number of Topliss-reactive ketones (excluding diaryl/α,β-unsaturated/α-hetero) is 1. The highest BCUT2D eigenvalue weighted by Gasteiger charge is 2.26. The van der Waals surface area contributed by atoms with Crippen LogP contribution in [0, 0.1) is 0 Å². The van der Waals surface area contributed by atoms with Gasteiger partial charge in [0.2, 0.25) is 0 Å². The number of ketones is 1. The number of rotatable bonds is 3. The number of nitrogens with zero attached hydrogens (tertiary/aromatic N) is 1. The van der Waals surface area contributed by atoms with Gasteiger partial charge in [0.1, 0.15) is 10.6 Å². The van der Waals surface area contributed by atoms with Gasteiger partial charge in [-0.05, 0) is 17.7 Å². The molecule has 0 saturated carbocycles. The molecule has 0 fully saturated rings. The quantitative estimate of drug-likeness (QED) is 0.635. The lowest BCUT2D eigenvalue weighted by Crippen LogP contribution is -2.25. The second kappa shape index (κ2) is 4.50. The van der Waals surface area contributed by atoms with Crippen LogP contribution < -0.4 is 4.31 Å². The van der Waals surface area contributed by atoms with Gasteiger partial charge < -0.3 is 5.11 Å². The Labute approximate surface area is 114 Å². The molecule has 1 N–H and O–H groups in total. The van der Waals surface area contributed by atoms with Crippen LogP contribution in [0.2, 0.25) is 0 Å². The molecule has 1 heterocycles. The lowest BCUT2D eigenvalue weighted by atomic mass is 9.97. The number of thiophene rings is 1. The van der Waals surface area contributed by atoms with E-state index in [-0.39, 0.29) is 12.0 Å². The number of aliphatic carboxylic acids is 1. The molecule has 6 nitrogen and oxygen atoms in total. The first-order valence-corrected chi connectivity index (χ1v) is 7.39. The van der Waals surface area contributed by atoms with Crippen molar-refractivity contribution in [1.29, 1.82) is 0 Å². The minimum Gasteiger partial charge on any atom is -0.478 e. The topological polar surface area (TPSA) is 91.8 Å². The molecule has 98 valence electrons. The second-order valence-electron chi connectivity index (χ2n) is 3.95. The van der Waals surface area contributed by atoms with E-state index < -0.39 is 21.6 Å². The average molecular weight is 297 g/mol. The fourth-order valence-electron chi connectivity index (χ4n) is 1.63. The lowest BCUT2D eigenvalue weighted by molar-refractivity contribution is -0.134. The Kier molecular flexibility index (Phi) is 3.27. The van der Waals surface area contributed by atoms with Crippen molar-refractivity contribution in [2.45, 2.75) is 6.42 Å². The molecule has 2 rings (SSSR count). The molecule has 0 bridgehead atoms.